The van der Waals surface area contributed by atoms with Crippen molar-refractivity contribution in [2.45, 2.75) is 25.3 Å². The van der Waals surface area contributed by atoms with Crippen LogP contribution < -0.4 is 5.73 Å². The summed E-state index contributed by atoms with van der Waals surface area (Å²) in [4.78, 5) is 0. The van der Waals surface area contributed by atoms with Crippen LogP contribution in [0.1, 0.15) is 30.0 Å². The number of benzene rings is 2. The lowest BCUT2D eigenvalue weighted by atomic mass is 10.00. The number of halogens is 1. The first-order valence-electron chi connectivity index (χ1n) is 6.30. The average Bonchev–Trinajstić information content (AvgIpc) is 2.40. The van der Waals surface area contributed by atoms with E-state index < -0.39 is 0 Å². The number of nitrogens with two attached hydrogens (primary N) is 1. The second kappa shape index (κ2) is 6.58. The van der Waals surface area contributed by atoms with Crippen LogP contribution in [0.25, 0.3) is 0 Å². The Morgan fingerprint density at radius 2 is 1.61 bits per heavy atom. The first-order chi connectivity index (χ1) is 8.75. The SMILES string of the molecule is NC(CCCc1ccccc1)c1ccc(Cl)cc1. The molecule has 0 fully saturated rings. The second-order valence-corrected chi connectivity index (χ2v) is 4.97. The Morgan fingerprint density at radius 3 is 2.28 bits per heavy atom. The summed E-state index contributed by atoms with van der Waals surface area (Å²) in [7, 11) is 0. The van der Waals surface area contributed by atoms with Crippen molar-refractivity contribution in [3.05, 3.63) is 70.7 Å². The first kappa shape index (κ1) is 13.1. The van der Waals surface area contributed by atoms with E-state index in [1.807, 2.05) is 30.3 Å². The quantitative estimate of drug-likeness (QED) is 0.848. The third-order valence-electron chi connectivity index (χ3n) is 3.12. The molecule has 0 bridgehead atoms. The molecule has 18 heavy (non-hydrogen) atoms. The molecule has 2 heteroatoms. The zero-order valence-electron chi connectivity index (χ0n) is 10.4. The molecule has 1 unspecified atom stereocenters. The maximum absolute atomic E-state index is 6.17. The molecule has 0 aliphatic carbocycles. The first-order valence-corrected chi connectivity index (χ1v) is 6.68. The molecule has 0 amide bonds. The van der Waals surface area contributed by atoms with Crippen molar-refractivity contribution in [1.82, 2.24) is 0 Å². The molecule has 0 radical (unpaired) electrons. The molecule has 0 saturated carbocycles. The fraction of sp³-hybridized carbons (Fsp3) is 0.250. The summed E-state index contributed by atoms with van der Waals surface area (Å²) in [5.41, 5.74) is 8.70. The van der Waals surface area contributed by atoms with Gasteiger partial charge in [0.25, 0.3) is 0 Å². The van der Waals surface area contributed by atoms with Crippen LogP contribution in [0.5, 0.6) is 0 Å². The van der Waals surface area contributed by atoms with E-state index in [-0.39, 0.29) is 6.04 Å². The lowest BCUT2D eigenvalue weighted by Crippen LogP contribution is -2.10. The van der Waals surface area contributed by atoms with Crippen LogP contribution in [0.15, 0.2) is 54.6 Å². The fourth-order valence-electron chi connectivity index (χ4n) is 2.05. The van der Waals surface area contributed by atoms with E-state index in [0.29, 0.717) is 0 Å². The summed E-state index contributed by atoms with van der Waals surface area (Å²) in [5.74, 6) is 0. The molecule has 1 atom stereocenters. The number of hydrogen-bond acceptors (Lipinski definition) is 1. The summed E-state index contributed by atoms with van der Waals surface area (Å²) in [6.07, 6.45) is 3.19. The molecule has 2 aromatic carbocycles. The van der Waals surface area contributed by atoms with Crippen molar-refractivity contribution in [2.24, 2.45) is 5.73 Å². The van der Waals surface area contributed by atoms with Crippen LogP contribution in [0.3, 0.4) is 0 Å². The van der Waals surface area contributed by atoms with Crippen LogP contribution in [0, 0.1) is 0 Å². The highest BCUT2D eigenvalue weighted by Crippen LogP contribution is 2.19. The number of rotatable bonds is 5. The Kier molecular flexibility index (Phi) is 4.80. The standard InChI is InChI=1S/C16H18ClN/c17-15-11-9-14(10-12-15)16(18)8-4-7-13-5-2-1-3-6-13/h1-3,5-6,9-12,16H,4,7-8,18H2. The zero-order chi connectivity index (χ0) is 12.8. The molecule has 0 heterocycles. The average molecular weight is 260 g/mol. The molecule has 0 spiro atoms. The molecule has 94 valence electrons. The van der Waals surface area contributed by atoms with Gasteiger partial charge in [0.15, 0.2) is 0 Å². The van der Waals surface area contributed by atoms with Crippen LogP contribution in [0.4, 0.5) is 0 Å². The minimum Gasteiger partial charge on any atom is -0.324 e. The van der Waals surface area contributed by atoms with Gasteiger partial charge in [-0.3, -0.25) is 0 Å². The third kappa shape index (κ3) is 3.86. The van der Waals surface area contributed by atoms with Crippen LogP contribution in [0.2, 0.25) is 5.02 Å². The summed E-state index contributed by atoms with van der Waals surface area (Å²) >= 11 is 5.86. The van der Waals surface area contributed by atoms with Crippen molar-refractivity contribution in [2.75, 3.05) is 0 Å². The Labute approximate surface area is 114 Å². The molecular weight excluding hydrogens is 242 g/mol. The molecule has 2 aromatic rings. The molecule has 0 aliphatic rings. The van der Waals surface area contributed by atoms with Crippen LogP contribution in [-0.2, 0) is 6.42 Å². The van der Waals surface area contributed by atoms with Crippen molar-refractivity contribution in [3.63, 3.8) is 0 Å². The monoisotopic (exact) mass is 259 g/mol. The molecule has 1 nitrogen and oxygen atoms in total. The van der Waals surface area contributed by atoms with Crippen LogP contribution >= 0.6 is 11.6 Å². The summed E-state index contributed by atoms with van der Waals surface area (Å²) in [6, 6.07) is 18.4. The largest absolute Gasteiger partial charge is 0.324 e. The van der Waals surface area contributed by atoms with Gasteiger partial charge in [0, 0.05) is 11.1 Å². The minimum absolute atomic E-state index is 0.103. The lowest BCUT2D eigenvalue weighted by Gasteiger charge is -2.12. The van der Waals surface area contributed by atoms with Gasteiger partial charge in [-0.15, -0.1) is 0 Å². The Hall–Kier alpha value is -1.31. The number of aryl methyl sites for hydroxylation is 1. The predicted molar refractivity (Wildman–Crippen MR) is 77.8 cm³/mol. The van der Waals surface area contributed by atoms with Gasteiger partial charge in [-0.25, -0.2) is 0 Å². The van der Waals surface area contributed by atoms with Crippen molar-refractivity contribution >= 4 is 11.6 Å². The maximum atomic E-state index is 6.17. The summed E-state index contributed by atoms with van der Waals surface area (Å²) in [6.45, 7) is 0. The van der Waals surface area contributed by atoms with Gasteiger partial charge in [-0.2, -0.15) is 0 Å². The van der Waals surface area contributed by atoms with E-state index in [9.17, 15) is 0 Å². The van der Waals surface area contributed by atoms with E-state index >= 15 is 0 Å². The van der Waals surface area contributed by atoms with Crippen LogP contribution in [-0.4, -0.2) is 0 Å². The van der Waals surface area contributed by atoms with E-state index in [2.05, 4.69) is 24.3 Å². The maximum Gasteiger partial charge on any atom is 0.0406 e. The van der Waals surface area contributed by atoms with Gasteiger partial charge in [0.1, 0.15) is 0 Å². The normalized spacial score (nSPS) is 12.3. The second-order valence-electron chi connectivity index (χ2n) is 4.54. The zero-order valence-corrected chi connectivity index (χ0v) is 11.1. The highest BCUT2D eigenvalue weighted by molar-refractivity contribution is 6.30. The van der Waals surface area contributed by atoms with Gasteiger partial charge < -0.3 is 5.73 Å². The van der Waals surface area contributed by atoms with Gasteiger partial charge in [-0.05, 0) is 42.5 Å². The molecule has 0 aromatic heterocycles. The van der Waals surface area contributed by atoms with Gasteiger partial charge in [0.05, 0.1) is 0 Å². The van der Waals surface area contributed by atoms with E-state index in [4.69, 9.17) is 17.3 Å². The van der Waals surface area contributed by atoms with E-state index in [1.54, 1.807) is 0 Å². The Bertz CT molecular complexity index is 464. The van der Waals surface area contributed by atoms with Gasteiger partial charge in [0.2, 0.25) is 0 Å². The molecule has 0 saturated heterocycles. The summed E-state index contributed by atoms with van der Waals surface area (Å²) < 4.78 is 0. The fourth-order valence-corrected chi connectivity index (χ4v) is 2.17. The highest BCUT2D eigenvalue weighted by atomic mass is 35.5. The Balaban J connectivity index is 1.81. The highest BCUT2D eigenvalue weighted by Gasteiger charge is 2.05. The smallest absolute Gasteiger partial charge is 0.0406 e. The van der Waals surface area contributed by atoms with Gasteiger partial charge in [-0.1, -0.05) is 54.1 Å². The number of hydrogen-bond donors (Lipinski definition) is 1. The third-order valence-corrected chi connectivity index (χ3v) is 3.37. The molecule has 2 rings (SSSR count). The molecular formula is C16H18ClN. The molecule has 2 N–H and O–H groups in total. The topological polar surface area (TPSA) is 26.0 Å². The minimum atomic E-state index is 0.103. The summed E-state index contributed by atoms with van der Waals surface area (Å²) in [5, 5.41) is 0.759. The van der Waals surface area contributed by atoms with E-state index in [1.165, 1.54) is 5.56 Å². The van der Waals surface area contributed by atoms with E-state index in [0.717, 1.165) is 29.8 Å². The van der Waals surface area contributed by atoms with Gasteiger partial charge >= 0.3 is 0 Å². The Morgan fingerprint density at radius 1 is 0.944 bits per heavy atom. The lowest BCUT2D eigenvalue weighted by molar-refractivity contribution is 0.611. The molecule has 0 aliphatic heterocycles. The van der Waals surface area contributed by atoms with Crippen molar-refractivity contribution < 1.29 is 0 Å². The van der Waals surface area contributed by atoms with Crippen molar-refractivity contribution in [1.29, 1.82) is 0 Å². The van der Waals surface area contributed by atoms with Crippen molar-refractivity contribution in [3.8, 4) is 0 Å². The predicted octanol–water partition coefficient (Wildman–Crippen LogP) is 4.36.